The van der Waals surface area contributed by atoms with Crippen LogP contribution in [-0.4, -0.2) is 26.8 Å². The minimum absolute atomic E-state index is 0.0968. The molecule has 0 saturated heterocycles. The Bertz CT molecular complexity index is 1120. The van der Waals surface area contributed by atoms with E-state index in [9.17, 15) is 30.8 Å². The number of ketones is 1. The third kappa shape index (κ3) is 5.06. The average molecular weight is 473 g/mol. The largest absolute Gasteiger partial charge is 0.486 e. The van der Waals surface area contributed by atoms with Gasteiger partial charge in [-0.1, -0.05) is 19.4 Å². The number of Topliss-reactive ketones (excluding diaryl/α,β-unsaturated/α-hetero) is 1. The zero-order valence-electron chi connectivity index (χ0n) is 17.6. The summed E-state index contributed by atoms with van der Waals surface area (Å²) in [4.78, 5) is 10.7. The van der Waals surface area contributed by atoms with Crippen molar-refractivity contribution in [1.82, 2.24) is 0 Å². The maximum atomic E-state index is 13.7. The molecule has 0 fully saturated rings. The zero-order valence-corrected chi connectivity index (χ0v) is 18.4. The predicted octanol–water partition coefficient (Wildman–Crippen LogP) is 5.12. The predicted molar refractivity (Wildman–Crippen MR) is 111 cm³/mol. The van der Waals surface area contributed by atoms with Crippen LogP contribution in [0.1, 0.15) is 44.2 Å². The number of ether oxygens (including phenoxy) is 1. The molecular formula is C22H23F4NO4S. The van der Waals surface area contributed by atoms with E-state index in [0.29, 0.717) is 18.6 Å². The summed E-state index contributed by atoms with van der Waals surface area (Å²) >= 11 is 0. The molecule has 0 N–H and O–H groups in total. The van der Waals surface area contributed by atoms with Crippen molar-refractivity contribution in [3.05, 3.63) is 53.3 Å². The Labute approximate surface area is 184 Å². The van der Waals surface area contributed by atoms with E-state index < -0.39 is 38.6 Å². The highest BCUT2D eigenvalue weighted by atomic mass is 32.2. The van der Waals surface area contributed by atoms with E-state index in [1.54, 1.807) is 18.2 Å². The summed E-state index contributed by atoms with van der Waals surface area (Å²) in [6, 6.07) is 6.66. The molecular weight excluding hydrogens is 450 g/mol. The first-order chi connectivity index (χ1) is 14.9. The van der Waals surface area contributed by atoms with Crippen molar-refractivity contribution in [2.24, 2.45) is 0 Å². The van der Waals surface area contributed by atoms with Crippen molar-refractivity contribution < 1.29 is 35.5 Å². The highest BCUT2D eigenvalue weighted by Gasteiger charge is 2.38. The number of nitrogens with zero attached hydrogens (tertiary/aromatic N) is 1. The highest BCUT2D eigenvalue weighted by Crippen LogP contribution is 2.40. The SMILES string of the molecule is CCCc1ccc2c(c1)N(S(=O)(=O)c1ccc(F)c(C(F)(F)F)c1)C[C@H](CCC(C)=O)O2. The summed E-state index contributed by atoms with van der Waals surface area (Å²) in [6.45, 7) is 3.18. The Morgan fingerprint density at radius 3 is 2.53 bits per heavy atom. The Morgan fingerprint density at radius 2 is 1.91 bits per heavy atom. The number of halogens is 4. The molecule has 174 valence electrons. The fraction of sp³-hybridized carbons (Fsp3) is 0.409. The Hall–Kier alpha value is -2.62. The lowest BCUT2D eigenvalue weighted by Crippen LogP contribution is -2.43. The fourth-order valence-corrected chi connectivity index (χ4v) is 5.08. The molecule has 0 bridgehead atoms. The van der Waals surface area contributed by atoms with Gasteiger partial charge in [0.15, 0.2) is 0 Å². The minimum Gasteiger partial charge on any atom is -0.486 e. The third-order valence-electron chi connectivity index (χ3n) is 5.14. The summed E-state index contributed by atoms with van der Waals surface area (Å²) in [7, 11) is -4.48. The van der Waals surface area contributed by atoms with Gasteiger partial charge in [0.1, 0.15) is 23.5 Å². The van der Waals surface area contributed by atoms with Gasteiger partial charge < -0.3 is 9.53 Å². The number of carbonyl (C=O) groups excluding carboxylic acids is 1. The van der Waals surface area contributed by atoms with Crippen LogP contribution < -0.4 is 9.04 Å². The first-order valence-corrected chi connectivity index (χ1v) is 11.6. The lowest BCUT2D eigenvalue weighted by molar-refractivity contribution is -0.140. The van der Waals surface area contributed by atoms with Crippen LogP contribution in [0.4, 0.5) is 23.2 Å². The van der Waals surface area contributed by atoms with Gasteiger partial charge in [0.05, 0.1) is 22.7 Å². The molecule has 32 heavy (non-hydrogen) atoms. The molecule has 0 spiro atoms. The number of hydrogen-bond acceptors (Lipinski definition) is 4. The third-order valence-corrected chi connectivity index (χ3v) is 6.92. The molecule has 2 aromatic rings. The molecule has 0 unspecified atom stereocenters. The van der Waals surface area contributed by atoms with Gasteiger partial charge in [0.25, 0.3) is 10.0 Å². The smallest absolute Gasteiger partial charge is 0.419 e. The molecule has 1 aliphatic rings. The maximum absolute atomic E-state index is 13.7. The van der Waals surface area contributed by atoms with Crippen molar-refractivity contribution in [1.29, 1.82) is 0 Å². The first kappa shape index (κ1) is 24.0. The zero-order chi connectivity index (χ0) is 23.7. The molecule has 0 aromatic heterocycles. The average Bonchev–Trinajstić information content (AvgIpc) is 2.71. The van der Waals surface area contributed by atoms with Gasteiger partial charge in [-0.2, -0.15) is 13.2 Å². The van der Waals surface area contributed by atoms with Crippen LogP contribution in [0.25, 0.3) is 0 Å². The van der Waals surface area contributed by atoms with Gasteiger partial charge in [-0.3, -0.25) is 4.31 Å². The van der Waals surface area contributed by atoms with E-state index in [2.05, 4.69) is 0 Å². The molecule has 10 heteroatoms. The van der Waals surface area contributed by atoms with Crippen molar-refractivity contribution in [3.8, 4) is 5.75 Å². The summed E-state index contributed by atoms with van der Waals surface area (Å²) in [6.07, 6.45) is -3.83. The normalized spacial score (nSPS) is 16.4. The molecule has 3 rings (SSSR count). The van der Waals surface area contributed by atoms with E-state index in [-0.39, 0.29) is 36.6 Å². The van der Waals surface area contributed by atoms with E-state index in [1.165, 1.54) is 6.92 Å². The van der Waals surface area contributed by atoms with E-state index in [1.807, 2.05) is 6.92 Å². The molecule has 1 heterocycles. The highest BCUT2D eigenvalue weighted by molar-refractivity contribution is 7.92. The lowest BCUT2D eigenvalue weighted by atomic mass is 10.1. The van der Waals surface area contributed by atoms with Crippen LogP contribution in [-0.2, 0) is 27.4 Å². The number of alkyl halides is 3. The number of carbonyl (C=O) groups is 1. The second-order valence-corrected chi connectivity index (χ2v) is 9.57. The summed E-state index contributed by atoms with van der Waals surface area (Å²) < 4.78 is 86.9. The number of hydrogen-bond donors (Lipinski definition) is 0. The van der Waals surface area contributed by atoms with Crippen LogP contribution in [0.5, 0.6) is 5.75 Å². The molecule has 1 atom stereocenters. The first-order valence-electron chi connectivity index (χ1n) is 10.1. The van der Waals surface area contributed by atoms with Crippen molar-refractivity contribution in [2.45, 2.75) is 56.7 Å². The summed E-state index contributed by atoms with van der Waals surface area (Å²) in [5.74, 6) is -1.39. The number of anilines is 1. The van der Waals surface area contributed by atoms with Crippen molar-refractivity contribution in [2.75, 3.05) is 10.8 Å². The van der Waals surface area contributed by atoms with Gasteiger partial charge in [0, 0.05) is 6.42 Å². The summed E-state index contributed by atoms with van der Waals surface area (Å²) in [5.41, 5.74) is -0.611. The number of rotatable bonds is 7. The Morgan fingerprint density at radius 1 is 1.19 bits per heavy atom. The van der Waals surface area contributed by atoms with Crippen LogP contribution in [0.3, 0.4) is 0 Å². The molecule has 1 aliphatic heterocycles. The van der Waals surface area contributed by atoms with Crippen LogP contribution in [0.15, 0.2) is 41.3 Å². The summed E-state index contributed by atoms with van der Waals surface area (Å²) in [5, 5.41) is 0. The van der Waals surface area contributed by atoms with Gasteiger partial charge in [-0.15, -0.1) is 0 Å². The molecule has 0 saturated carbocycles. The Kier molecular flexibility index (Phi) is 6.83. The van der Waals surface area contributed by atoms with Gasteiger partial charge in [-0.05, 0) is 55.7 Å². The van der Waals surface area contributed by atoms with Crippen LogP contribution in [0.2, 0.25) is 0 Å². The van der Waals surface area contributed by atoms with E-state index in [4.69, 9.17) is 4.74 Å². The number of benzene rings is 2. The second-order valence-electron chi connectivity index (χ2n) is 7.71. The van der Waals surface area contributed by atoms with Crippen LogP contribution >= 0.6 is 0 Å². The number of fused-ring (bicyclic) bond motifs is 1. The topological polar surface area (TPSA) is 63.7 Å². The van der Waals surface area contributed by atoms with Gasteiger partial charge in [0.2, 0.25) is 0 Å². The van der Waals surface area contributed by atoms with Gasteiger partial charge >= 0.3 is 6.18 Å². The lowest BCUT2D eigenvalue weighted by Gasteiger charge is -2.36. The number of sulfonamides is 1. The standard InChI is InChI=1S/C22H23F4NO4S/c1-3-4-15-6-10-21-20(11-15)27(13-16(31-21)7-5-14(2)28)32(29,30)17-8-9-19(23)18(12-17)22(24,25)26/h6,8-12,16H,3-5,7,13H2,1-2H3/t16-/m0/s1. The molecule has 2 aromatic carbocycles. The van der Waals surface area contributed by atoms with Crippen molar-refractivity contribution >= 4 is 21.5 Å². The maximum Gasteiger partial charge on any atom is 0.419 e. The van der Waals surface area contributed by atoms with Crippen LogP contribution in [0, 0.1) is 5.82 Å². The molecule has 5 nitrogen and oxygen atoms in total. The van der Waals surface area contributed by atoms with E-state index in [0.717, 1.165) is 22.4 Å². The van der Waals surface area contributed by atoms with Crippen molar-refractivity contribution in [3.63, 3.8) is 0 Å². The van der Waals surface area contributed by atoms with Gasteiger partial charge in [-0.25, -0.2) is 12.8 Å². The Balaban J connectivity index is 2.09. The second kappa shape index (κ2) is 9.09. The molecule has 0 amide bonds. The quantitative estimate of drug-likeness (QED) is 0.524. The number of aryl methyl sites for hydroxylation is 1. The van der Waals surface area contributed by atoms with E-state index >= 15 is 0 Å². The fourth-order valence-electron chi connectivity index (χ4n) is 3.55. The minimum atomic E-state index is -5.04. The molecule has 0 aliphatic carbocycles. The molecule has 0 radical (unpaired) electrons. The monoisotopic (exact) mass is 473 g/mol.